The number of carbonyl (C=O) groups is 2. The molecule has 1 aliphatic rings. The van der Waals surface area contributed by atoms with E-state index in [0.717, 1.165) is 31.6 Å². The first-order valence-electron chi connectivity index (χ1n) is 11.3. The summed E-state index contributed by atoms with van der Waals surface area (Å²) in [5.74, 6) is -0.191. The normalized spacial score (nSPS) is 16.0. The van der Waals surface area contributed by atoms with Crippen LogP contribution in [0.25, 0.3) is 0 Å². The number of anilines is 2. The van der Waals surface area contributed by atoms with E-state index >= 15 is 0 Å². The lowest BCUT2D eigenvalue weighted by atomic mass is 9.97. The molecule has 1 saturated heterocycles. The lowest BCUT2D eigenvalue weighted by Gasteiger charge is -2.33. The summed E-state index contributed by atoms with van der Waals surface area (Å²) in [6.45, 7) is 9.14. The number of amides is 3. The van der Waals surface area contributed by atoms with E-state index in [2.05, 4.69) is 36.3 Å². The van der Waals surface area contributed by atoms with Crippen LogP contribution in [0.3, 0.4) is 0 Å². The van der Waals surface area contributed by atoms with Crippen molar-refractivity contribution in [1.29, 1.82) is 0 Å². The number of halogens is 1. The largest absolute Gasteiger partial charge is 0.369 e. The first-order chi connectivity index (χ1) is 15.4. The van der Waals surface area contributed by atoms with Crippen LogP contribution in [0.5, 0.6) is 0 Å². The Balaban J connectivity index is 1.52. The number of hydrogen-bond acceptors (Lipinski definition) is 3. The van der Waals surface area contributed by atoms with Gasteiger partial charge in [0.25, 0.3) is 5.91 Å². The average Bonchev–Trinajstić information content (AvgIpc) is 2.78. The second-order valence-electron chi connectivity index (χ2n) is 8.53. The fraction of sp³-hybridized carbons (Fsp3) is 0.440. The van der Waals surface area contributed by atoms with Gasteiger partial charge >= 0.3 is 6.03 Å². The fourth-order valence-corrected chi connectivity index (χ4v) is 4.22. The zero-order valence-electron chi connectivity index (χ0n) is 19.1. The van der Waals surface area contributed by atoms with Crippen LogP contribution >= 0.6 is 0 Å². The summed E-state index contributed by atoms with van der Waals surface area (Å²) in [7, 11) is 0. The van der Waals surface area contributed by atoms with Crippen molar-refractivity contribution in [2.75, 3.05) is 36.4 Å². The second-order valence-corrected chi connectivity index (χ2v) is 8.53. The van der Waals surface area contributed by atoms with Gasteiger partial charge in [0.05, 0.1) is 0 Å². The highest BCUT2D eigenvalue weighted by atomic mass is 19.1. The van der Waals surface area contributed by atoms with Gasteiger partial charge < -0.3 is 20.4 Å². The van der Waals surface area contributed by atoms with Crippen LogP contribution in [0.15, 0.2) is 48.5 Å². The summed E-state index contributed by atoms with van der Waals surface area (Å²) in [6.07, 6.45) is 1.85. The molecule has 0 aromatic heterocycles. The monoisotopic (exact) mass is 440 g/mol. The highest BCUT2D eigenvalue weighted by Crippen LogP contribution is 2.21. The molecule has 1 heterocycles. The molecule has 1 fully saturated rings. The second kappa shape index (κ2) is 11.0. The Kier molecular flexibility index (Phi) is 8.09. The highest BCUT2D eigenvalue weighted by Gasteiger charge is 2.25. The SMILES string of the molecule is CCN(c1ccc(C(=O)N2CCCC(CNC(=O)Nc3cccc(F)c3)C2)cc1)C(C)C. The number of likely N-dealkylation sites (tertiary alicyclic amines) is 1. The Labute approximate surface area is 189 Å². The summed E-state index contributed by atoms with van der Waals surface area (Å²) in [5, 5.41) is 5.48. The van der Waals surface area contributed by atoms with E-state index in [1.165, 1.54) is 12.1 Å². The van der Waals surface area contributed by atoms with Gasteiger partial charge in [0.15, 0.2) is 0 Å². The molecule has 32 heavy (non-hydrogen) atoms. The van der Waals surface area contributed by atoms with Crippen molar-refractivity contribution in [2.45, 2.75) is 39.7 Å². The van der Waals surface area contributed by atoms with Crippen molar-refractivity contribution in [2.24, 2.45) is 5.92 Å². The molecule has 2 aromatic rings. The Hall–Kier alpha value is -3.09. The molecule has 7 heteroatoms. The molecular formula is C25H33FN4O2. The Morgan fingerprint density at radius 1 is 1.19 bits per heavy atom. The molecule has 0 spiro atoms. The van der Waals surface area contributed by atoms with Crippen molar-refractivity contribution < 1.29 is 14.0 Å². The Morgan fingerprint density at radius 3 is 2.59 bits per heavy atom. The number of rotatable bonds is 7. The minimum absolute atomic E-state index is 0.0260. The number of nitrogens with one attached hydrogen (secondary N) is 2. The number of nitrogens with zero attached hydrogens (tertiary/aromatic N) is 2. The van der Waals surface area contributed by atoms with Crippen LogP contribution in [0.1, 0.15) is 44.0 Å². The summed E-state index contributed by atoms with van der Waals surface area (Å²) in [4.78, 5) is 29.3. The Bertz CT molecular complexity index is 916. The number of piperidine rings is 1. The van der Waals surface area contributed by atoms with Gasteiger partial charge in [-0.15, -0.1) is 0 Å². The van der Waals surface area contributed by atoms with Crippen molar-refractivity contribution in [3.63, 3.8) is 0 Å². The molecule has 6 nitrogen and oxygen atoms in total. The molecule has 0 radical (unpaired) electrons. The molecule has 172 valence electrons. The van der Waals surface area contributed by atoms with Gasteiger partial charge in [-0.1, -0.05) is 6.07 Å². The molecule has 2 aromatic carbocycles. The molecule has 1 atom stereocenters. The third-order valence-electron chi connectivity index (χ3n) is 5.85. The van der Waals surface area contributed by atoms with Crippen molar-refractivity contribution in [3.8, 4) is 0 Å². The van der Waals surface area contributed by atoms with E-state index in [1.54, 1.807) is 12.1 Å². The molecule has 3 rings (SSSR count). The molecule has 1 aliphatic heterocycles. The standard InChI is InChI=1S/C25H33FN4O2/c1-4-30(18(2)3)23-12-10-20(11-13-23)24(31)29-14-6-7-19(17-29)16-27-25(32)28-22-9-5-8-21(26)15-22/h5,8-13,15,18-19H,4,6-7,14,16-17H2,1-3H3,(H2,27,28,32). The molecule has 1 unspecified atom stereocenters. The van der Waals surface area contributed by atoms with Crippen LogP contribution < -0.4 is 15.5 Å². The van der Waals surface area contributed by atoms with E-state index in [1.807, 2.05) is 29.2 Å². The topological polar surface area (TPSA) is 64.7 Å². The van der Waals surface area contributed by atoms with Gasteiger partial charge in [-0.05, 0) is 82.0 Å². The van der Waals surface area contributed by atoms with Gasteiger partial charge in [0.1, 0.15) is 5.82 Å². The minimum Gasteiger partial charge on any atom is -0.369 e. The van der Waals surface area contributed by atoms with E-state index in [4.69, 9.17) is 0 Å². The van der Waals surface area contributed by atoms with E-state index in [0.29, 0.717) is 30.4 Å². The first kappa shape index (κ1) is 23.6. The van der Waals surface area contributed by atoms with Crippen molar-refractivity contribution >= 4 is 23.3 Å². The molecule has 0 saturated carbocycles. The molecule has 3 amide bonds. The van der Waals surface area contributed by atoms with Crippen molar-refractivity contribution in [1.82, 2.24) is 10.2 Å². The fourth-order valence-electron chi connectivity index (χ4n) is 4.22. The predicted octanol–water partition coefficient (Wildman–Crippen LogP) is 4.73. The predicted molar refractivity (Wildman–Crippen MR) is 127 cm³/mol. The van der Waals surface area contributed by atoms with E-state index < -0.39 is 5.82 Å². The average molecular weight is 441 g/mol. The lowest BCUT2D eigenvalue weighted by Crippen LogP contribution is -2.44. The quantitative estimate of drug-likeness (QED) is 0.654. The summed E-state index contributed by atoms with van der Waals surface area (Å²) < 4.78 is 13.3. The number of urea groups is 1. The van der Waals surface area contributed by atoms with Crippen LogP contribution in [-0.4, -0.2) is 49.1 Å². The Morgan fingerprint density at radius 2 is 1.94 bits per heavy atom. The summed E-state index contributed by atoms with van der Waals surface area (Å²) in [5.41, 5.74) is 2.21. The maximum atomic E-state index is 13.3. The maximum Gasteiger partial charge on any atom is 0.319 e. The number of carbonyl (C=O) groups excluding carboxylic acids is 2. The van der Waals surface area contributed by atoms with Gasteiger partial charge in [-0.25, -0.2) is 9.18 Å². The zero-order valence-corrected chi connectivity index (χ0v) is 19.1. The van der Waals surface area contributed by atoms with Gasteiger partial charge in [-0.2, -0.15) is 0 Å². The third-order valence-corrected chi connectivity index (χ3v) is 5.85. The summed E-state index contributed by atoms with van der Waals surface area (Å²) in [6, 6.07) is 13.6. The zero-order chi connectivity index (χ0) is 23.1. The smallest absolute Gasteiger partial charge is 0.319 e. The van der Waals surface area contributed by atoms with E-state index in [-0.39, 0.29) is 17.9 Å². The van der Waals surface area contributed by atoms with Gasteiger partial charge in [-0.3, -0.25) is 4.79 Å². The van der Waals surface area contributed by atoms with Crippen LogP contribution in [0, 0.1) is 11.7 Å². The molecular weight excluding hydrogens is 407 g/mol. The number of benzene rings is 2. The van der Waals surface area contributed by atoms with Gasteiger partial charge in [0, 0.05) is 49.2 Å². The highest BCUT2D eigenvalue weighted by molar-refractivity contribution is 5.94. The molecule has 0 bridgehead atoms. The molecule has 0 aliphatic carbocycles. The molecule has 2 N–H and O–H groups in total. The van der Waals surface area contributed by atoms with Crippen LogP contribution in [0.4, 0.5) is 20.6 Å². The summed E-state index contributed by atoms with van der Waals surface area (Å²) >= 11 is 0. The lowest BCUT2D eigenvalue weighted by molar-refractivity contribution is 0.0675. The van der Waals surface area contributed by atoms with E-state index in [9.17, 15) is 14.0 Å². The van der Waals surface area contributed by atoms with Gasteiger partial charge in [0.2, 0.25) is 0 Å². The maximum absolute atomic E-state index is 13.3. The number of hydrogen-bond donors (Lipinski definition) is 2. The van der Waals surface area contributed by atoms with Crippen LogP contribution in [0.2, 0.25) is 0 Å². The third kappa shape index (κ3) is 6.22. The minimum atomic E-state index is -0.399. The van der Waals surface area contributed by atoms with Crippen molar-refractivity contribution in [3.05, 3.63) is 59.9 Å². The first-order valence-corrected chi connectivity index (χ1v) is 11.3. The van der Waals surface area contributed by atoms with Crippen LogP contribution in [-0.2, 0) is 0 Å².